The molecule has 2 aromatic heterocycles. The molecule has 1 aliphatic rings. The van der Waals surface area contributed by atoms with E-state index in [4.69, 9.17) is 5.11 Å². The third kappa shape index (κ3) is 2.41. The largest absolute Gasteiger partial charge is 0.525 e. The maximum Gasteiger partial charge on any atom is 0.525 e. The predicted octanol–water partition coefficient (Wildman–Crippen LogP) is 2.12. The van der Waals surface area contributed by atoms with Crippen LogP contribution in [-0.2, 0) is 4.84 Å². The number of carboxylic acid groups (broad SMARTS) is 1. The smallest absolute Gasteiger partial charge is 0.448 e. The normalized spacial score (nSPS) is 16.7. The average molecular weight is 328 g/mol. The van der Waals surface area contributed by atoms with Gasteiger partial charge >= 0.3 is 11.8 Å². The molecule has 0 bridgehead atoms. The van der Waals surface area contributed by atoms with Gasteiger partial charge in [0.05, 0.1) is 22.7 Å². The second-order valence-corrected chi connectivity index (χ2v) is 5.85. The first-order valence-corrected chi connectivity index (χ1v) is 7.77. The predicted molar refractivity (Wildman–Crippen MR) is 86.8 cm³/mol. The number of nitrogens with one attached hydrogen (secondary N) is 1. The van der Waals surface area contributed by atoms with Gasteiger partial charge in [-0.05, 0) is 18.9 Å². The van der Waals surface area contributed by atoms with Crippen molar-refractivity contribution in [2.24, 2.45) is 0 Å². The molecule has 1 saturated heterocycles. The maximum absolute atomic E-state index is 12.5. The first-order chi connectivity index (χ1) is 11.6. The molecular formula is C16H16N4O4. The number of hydroxylamine groups is 2. The number of rotatable bonds is 2. The molecule has 8 nitrogen and oxygen atoms in total. The van der Waals surface area contributed by atoms with Crippen molar-refractivity contribution < 1.29 is 14.7 Å². The lowest BCUT2D eigenvalue weighted by Gasteiger charge is -2.30. The Kier molecular flexibility index (Phi) is 3.46. The lowest BCUT2D eigenvalue weighted by molar-refractivity contribution is -0.134. The van der Waals surface area contributed by atoms with Gasteiger partial charge in [-0.1, -0.05) is 18.2 Å². The summed E-state index contributed by atoms with van der Waals surface area (Å²) in [5, 5.41) is 11.0. The van der Waals surface area contributed by atoms with E-state index < -0.39 is 6.16 Å². The van der Waals surface area contributed by atoms with E-state index in [1.54, 1.807) is 10.8 Å². The van der Waals surface area contributed by atoms with Crippen molar-refractivity contribution >= 4 is 28.1 Å². The van der Waals surface area contributed by atoms with Gasteiger partial charge in [0.1, 0.15) is 0 Å². The SMILES string of the molecule is O=C(O)ON1CCC(n2c(=O)[nH]c3c4ccccc4ncc32)CC1. The number of fused-ring (bicyclic) bond motifs is 3. The van der Waals surface area contributed by atoms with Crippen LogP contribution >= 0.6 is 0 Å². The molecule has 0 aliphatic carbocycles. The molecule has 124 valence electrons. The lowest BCUT2D eigenvalue weighted by Crippen LogP contribution is -2.38. The van der Waals surface area contributed by atoms with E-state index in [1.807, 2.05) is 24.3 Å². The van der Waals surface area contributed by atoms with Crippen molar-refractivity contribution in [2.45, 2.75) is 18.9 Å². The summed E-state index contributed by atoms with van der Waals surface area (Å²) in [5.74, 6) is 0. The maximum atomic E-state index is 12.5. The number of hydrogen-bond donors (Lipinski definition) is 2. The second kappa shape index (κ2) is 5.64. The third-order valence-electron chi connectivity index (χ3n) is 4.46. The van der Waals surface area contributed by atoms with Gasteiger partial charge in [-0.15, -0.1) is 5.06 Å². The van der Waals surface area contributed by atoms with E-state index in [2.05, 4.69) is 14.8 Å². The van der Waals surface area contributed by atoms with Crippen LogP contribution in [0.3, 0.4) is 0 Å². The fraction of sp³-hybridized carbons (Fsp3) is 0.312. The Morgan fingerprint density at radius 1 is 1.29 bits per heavy atom. The first-order valence-electron chi connectivity index (χ1n) is 7.77. The minimum Gasteiger partial charge on any atom is -0.448 e. The van der Waals surface area contributed by atoms with Gasteiger partial charge in [0, 0.05) is 24.5 Å². The minimum atomic E-state index is -1.31. The standard InChI is InChI=1S/C16H16N4O4/c21-15-18-14-11-3-1-2-4-12(11)17-9-13(14)20(15)10-5-7-19(8-6-10)24-16(22)23/h1-4,9-10H,5-8H2,(H,18,21)(H,22,23). The zero-order chi connectivity index (χ0) is 16.7. The Balaban J connectivity index is 1.70. The van der Waals surface area contributed by atoms with Gasteiger partial charge in [0.15, 0.2) is 0 Å². The molecule has 0 amide bonds. The van der Waals surface area contributed by atoms with Gasteiger partial charge in [-0.3, -0.25) is 9.55 Å². The number of imidazole rings is 1. The average Bonchev–Trinajstić information content (AvgIpc) is 2.91. The number of hydrogen-bond acceptors (Lipinski definition) is 5. The highest BCUT2D eigenvalue weighted by atomic mass is 16.8. The lowest BCUT2D eigenvalue weighted by atomic mass is 10.1. The molecule has 0 spiro atoms. The summed E-state index contributed by atoms with van der Waals surface area (Å²) in [6.45, 7) is 0.911. The number of aromatic nitrogens is 3. The molecule has 1 aliphatic heterocycles. The number of nitrogens with zero attached hydrogens (tertiary/aromatic N) is 3. The van der Waals surface area contributed by atoms with Crippen LogP contribution in [-0.4, -0.2) is 43.9 Å². The van der Waals surface area contributed by atoms with Crippen LogP contribution in [0.15, 0.2) is 35.3 Å². The molecule has 1 aromatic carbocycles. The number of para-hydroxylation sites is 1. The summed E-state index contributed by atoms with van der Waals surface area (Å²) >= 11 is 0. The van der Waals surface area contributed by atoms with E-state index in [-0.39, 0.29) is 11.7 Å². The Morgan fingerprint density at radius 2 is 2.04 bits per heavy atom. The van der Waals surface area contributed by atoms with Crippen molar-refractivity contribution in [1.82, 2.24) is 19.6 Å². The molecule has 3 aromatic rings. The summed E-state index contributed by atoms with van der Waals surface area (Å²) in [7, 11) is 0. The van der Waals surface area contributed by atoms with Crippen LogP contribution in [0.1, 0.15) is 18.9 Å². The molecule has 0 radical (unpaired) electrons. The molecule has 1 fully saturated rings. The van der Waals surface area contributed by atoms with Gasteiger partial charge in [-0.25, -0.2) is 9.59 Å². The number of benzene rings is 1. The quantitative estimate of drug-likeness (QED) is 0.747. The van der Waals surface area contributed by atoms with Crippen LogP contribution in [0.5, 0.6) is 0 Å². The molecule has 4 rings (SSSR count). The summed E-state index contributed by atoms with van der Waals surface area (Å²) in [6.07, 6.45) is 1.67. The van der Waals surface area contributed by atoms with Crippen LogP contribution < -0.4 is 5.69 Å². The van der Waals surface area contributed by atoms with Crippen LogP contribution in [0, 0.1) is 0 Å². The molecule has 8 heteroatoms. The van der Waals surface area contributed by atoms with Crippen molar-refractivity contribution in [3.63, 3.8) is 0 Å². The molecule has 0 unspecified atom stereocenters. The van der Waals surface area contributed by atoms with Crippen molar-refractivity contribution in [2.75, 3.05) is 13.1 Å². The zero-order valence-electron chi connectivity index (χ0n) is 12.8. The number of H-pyrrole nitrogens is 1. The highest BCUT2D eigenvalue weighted by molar-refractivity contribution is 6.01. The fourth-order valence-corrected chi connectivity index (χ4v) is 3.39. The molecule has 24 heavy (non-hydrogen) atoms. The molecule has 0 saturated carbocycles. The monoisotopic (exact) mass is 328 g/mol. The number of piperidine rings is 1. The van der Waals surface area contributed by atoms with E-state index in [9.17, 15) is 9.59 Å². The number of pyridine rings is 1. The third-order valence-corrected chi connectivity index (χ3v) is 4.46. The van der Waals surface area contributed by atoms with E-state index in [0.717, 1.165) is 21.9 Å². The van der Waals surface area contributed by atoms with Crippen molar-refractivity contribution in [3.05, 3.63) is 40.9 Å². The van der Waals surface area contributed by atoms with Crippen LogP contribution in [0.25, 0.3) is 21.9 Å². The van der Waals surface area contributed by atoms with Crippen LogP contribution in [0.2, 0.25) is 0 Å². The summed E-state index contributed by atoms with van der Waals surface area (Å²) < 4.78 is 1.73. The first kappa shape index (κ1) is 14.7. The Labute approximate surface area is 136 Å². The number of carbonyl (C=O) groups is 1. The number of aromatic amines is 1. The summed E-state index contributed by atoms with van der Waals surface area (Å²) in [5.41, 5.74) is 2.23. The minimum absolute atomic E-state index is 0.0112. The second-order valence-electron chi connectivity index (χ2n) is 5.85. The van der Waals surface area contributed by atoms with E-state index >= 15 is 0 Å². The topological polar surface area (TPSA) is 100 Å². The summed E-state index contributed by atoms with van der Waals surface area (Å²) in [6, 6.07) is 7.67. The van der Waals surface area contributed by atoms with Crippen LogP contribution in [0.4, 0.5) is 4.79 Å². The molecule has 0 atom stereocenters. The van der Waals surface area contributed by atoms with Crippen molar-refractivity contribution in [1.29, 1.82) is 0 Å². The fourth-order valence-electron chi connectivity index (χ4n) is 3.39. The van der Waals surface area contributed by atoms with E-state index in [0.29, 0.717) is 25.9 Å². The van der Waals surface area contributed by atoms with E-state index in [1.165, 1.54) is 5.06 Å². The van der Waals surface area contributed by atoms with Gasteiger partial charge in [-0.2, -0.15) is 0 Å². The van der Waals surface area contributed by atoms with Crippen molar-refractivity contribution in [3.8, 4) is 0 Å². The Morgan fingerprint density at radius 3 is 2.79 bits per heavy atom. The Hall–Kier alpha value is -2.87. The van der Waals surface area contributed by atoms with Gasteiger partial charge in [0.25, 0.3) is 0 Å². The van der Waals surface area contributed by atoms with Gasteiger partial charge < -0.3 is 14.9 Å². The highest BCUT2D eigenvalue weighted by Gasteiger charge is 2.26. The molecule has 2 N–H and O–H groups in total. The summed E-state index contributed by atoms with van der Waals surface area (Å²) in [4.78, 5) is 35.1. The van der Waals surface area contributed by atoms with Gasteiger partial charge in [0.2, 0.25) is 0 Å². The Bertz CT molecular complexity index is 969. The highest BCUT2D eigenvalue weighted by Crippen LogP contribution is 2.27. The zero-order valence-corrected chi connectivity index (χ0v) is 12.8. The molecular weight excluding hydrogens is 312 g/mol. The molecule has 3 heterocycles.